The zero-order chi connectivity index (χ0) is 41.6. The lowest BCUT2D eigenvalue weighted by Gasteiger charge is -2.36. The first-order valence-corrected chi connectivity index (χ1v) is 22.6. The molecule has 2 aliphatic carbocycles. The number of morpholine rings is 2. The highest BCUT2D eigenvalue weighted by Crippen LogP contribution is 2.40. The van der Waals surface area contributed by atoms with Crippen molar-refractivity contribution in [2.24, 2.45) is 0 Å². The van der Waals surface area contributed by atoms with E-state index >= 15 is 0 Å². The molecule has 8 rings (SSSR count). The monoisotopic (exact) mass is 884 g/mol. The van der Waals surface area contributed by atoms with E-state index in [1.807, 2.05) is 24.3 Å². The van der Waals surface area contributed by atoms with Crippen LogP contribution >= 0.6 is 23.5 Å². The zero-order valence-corrected chi connectivity index (χ0v) is 35.1. The summed E-state index contributed by atoms with van der Waals surface area (Å²) < 4.78 is 10.3. The molecule has 4 N–H and O–H groups in total. The summed E-state index contributed by atoms with van der Waals surface area (Å²) in [5.41, 5.74) is 1.30. The summed E-state index contributed by atoms with van der Waals surface area (Å²) in [7, 11) is 0. The van der Waals surface area contributed by atoms with Crippen molar-refractivity contribution < 1.29 is 43.3 Å². The van der Waals surface area contributed by atoms with E-state index in [2.05, 4.69) is 16.0 Å². The quantitative estimate of drug-likeness (QED) is 0.268. The second kappa shape index (κ2) is 25.1. The van der Waals surface area contributed by atoms with E-state index in [1.165, 1.54) is 34.4 Å². The molecule has 336 valence electrons. The van der Waals surface area contributed by atoms with E-state index in [9.17, 15) is 33.9 Å². The number of nitrogens with zero attached hydrogens (tertiary/aromatic N) is 3. The van der Waals surface area contributed by atoms with Gasteiger partial charge in [-0.25, -0.2) is 0 Å². The third-order valence-corrected chi connectivity index (χ3v) is 13.4. The van der Waals surface area contributed by atoms with Crippen LogP contribution in [-0.2, 0) is 38.2 Å². The number of ether oxygens (including phenoxy) is 2. The lowest BCUT2D eigenvalue weighted by Crippen LogP contribution is -2.54. The van der Waals surface area contributed by atoms with Crippen LogP contribution in [0.3, 0.4) is 0 Å². The number of amides is 5. The Bertz CT molecular complexity index is 1770. The van der Waals surface area contributed by atoms with Crippen molar-refractivity contribution in [1.82, 2.24) is 20.9 Å². The van der Waals surface area contributed by atoms with Crippen molar-refractivity contribution in [3.05, 3.63) is 48.5 Å². The Morgan fingerprint density at radius 3 is 1.49 bits per heavy atom. The molecule has 4 fully saturated rings. The van der Waals surface area contributed by atoms with Gasteiger partial charge in [-0.2, -0.15) is 0 Å². The summed E-state index contributed by atoms with van der Waals surface area (Å²) in [6.07, 6.45) is 10.8. The fourth-order valence-corrected chi connectivity index (χ4v) is 10.1. The topological polar surface area (TPSA) is 187 Å². The van der Waals surface area contributed by atoms with Gasteiger partial charge in [-0.1, -0.05) is 89.4 Å². The van der Waals surface area contributed by atoms with Crippen LogP contribution in [0.4, 0.5) is 11.4 Å². The minimum absolute atomic E-state index is 0. The first kappa shape index (κ1) is 49.5. The largest absolute Gasteiger partial charge is 0.480 e. The van der Waals surface area contributed by atoms with Gasteiger partial charge in [0.05, 0.1) is 37.8 Å². The number of benzene rings is 2. The summed E-state index contributed by atoms with van der Waals surface area (Å²) >= 11 is 2.30. The Hall–Kier alpha value is -4.16. The average molecular weight is 885 g/mol. The molecule has 17 heteroatoms. The van der Waals surface area contributed by atoms with Gasteiger partial charge in [0, 0.05) is 48.1 Å². The highest BCUT2D eigenvalue weighted by molar-refractivity contribution is 8.02. The lowest BCUT2D eigenvalue weighted by atomic mass is 9.95. The number of aliphatic carboxylic acids is 1. The number of carbonyl (C=O) groups excluding carboxylic acids is 5. The fourth-order valence-electron chi connectivity index (χ4n) is 7.87. The maximum absolute atomic E-state index is 13.2. The van der Waals surface area contributed by atoms with Crippen LogP contribution in [0.15, 0.2) is 58.3 Å². The maximum atomic E-state index is 13.2. The fraction of sp³-hybridized carbons (Fsp3) is 0.591. The molecule has 0 aromatic heterocycles. The van der Waals surface area contributed by atoms with E-state index < -0.39 is 22.4 Å². The third kappa shape index (κ3) is 13.9. The molecule has 4 heterocycles. The van der Waals surface area contributed by atoms with Gasteiger partial charge in [-0.05, 0) is 49.9 Å². The summed E-state index contributed by atoms with van der Waals surface area (Å²) in [5, 5.41) is 16.4. The van der Waals surface area contributed by atoms with Gasteiger partial charge >= 0.3 is 5.97 Å². The van der Waals surface area contributed by atoms with Crippen molar-refractivity contribution in [2.45, 2.75) is 111 Å². The Kier molecular flexibility index (Phi) is 20.3. The average Bonchev–Trinajstić information content (AvgIpc) is 3.27. The highest BCUT2D eigenvalue weighted by Gasteiger charge is 2.42. The van der Waals surface area contributed by atoms with Crippen molar-refractivity contribution in [1.29, 1.82) is 0 Å². The first-order valence-electron chi connectivity index (χ1n) is 20.8. The molecule has 6 aliphatic rings. The van der Waals surface area contributed by atoms with Crippen LogP contribution in [0.1, 0.15) is 79.1 Å². The van der Waals surface area contributed by atoms with Gasteiger partial charge in [0.15, 0.2) is 10.5 Å². The predicted octanol–water partition coefficient (Wildman–Crippen LogP) is 4.71. The number of anilines is 2. The van der Waals surface area contributed by atoms with Gasteiger partial charge in [0.2, 0.25) is 17.7 Å². The van der Waals surface area contributed by atoms with Crippen molar-refractivity contribution in [3.63, 3.8) is 0 Å². The summed E-state index contributed by atoms with van der Waals surface area (Å²) in [6.45, 7) is 5.60. The van der Waals surface area contributed by atoms with Gasteiger partial charge in [-0.3, -0.25) is 28.8 Å². The van der Waals surface area contributed by atoms with Crippen LogP contribution in [-0.4, -0.2) is 134 Å². The van der Waals surface area contributed by atoms with E-state index in [1.54, 1.807) is 29.2 Å². The van der Waals surface area contributed by atoms with E-state index in [4.69, 9.17) is 9.47 Å². The van der Waals surface area contributed by atoms with Crippen LogP contribution in [0, 0.1) is 0 Å². The normalized spacial score (nSPS) is 21.6. The molecule has 5 amide bonds. The summed E-state index contributed by atoms with van der Waals surface area (Å²) in [4.78, 5) is 81.2. The smallest absolute Gasteiger partial charge is 0.326 e. The number of carbonyl (C=O) groups is 6. The van der Waals surface area contributed by atoms with E-state index in [-0.39, 0.29) is 63.7 Å². The molecule has 2 aromatic carbocycles. The molecule has 2 atom stereocenters. The molecule has 0 radical (unpaired) electrons. The molecule has 2 saturated heterocycles. The van der Waals surface area contributed by atoms with Crippen molar-refractivity contribution in [3.8, 4) is 0 Å². The molecule has 0 spiro atoms. The molecule has 4 aliphatic heterocycles. The molecule has 2 saturated carbocycles. The SMILES string of the molecule is C.C.C1COCCN1.O=C(CN1C(=O)C(C(=O)N2CCOCC2)Sc2ccccc21)NC1CCCCC1.O=C(CN1C(=O)C(C(=O)O)Sc2ccccc21)NC1CCCCC1. The predicted molar refractivity (Wildman–Crippen MR) is 239 cm³/mol. The molecule has 2 unspecified atom stereocenters. The van der Waals surface area contributed by atoms with Crippen LogP contribution in [0.2, 0.25) is 0 Å². The Morgan fingerprint density at radius 2 is 1.07 bits per heavy atom. The van der Waals surface area contributed by atoms with E-state index in [0.717, 1.165) is 94.3 Å². The summed E-state index contributed by atoms with van der Waals surface area (Å²) in [6, 6.07) is 14.9. The molecular weight excluding hydrogens is 821 g/mol. The Morgan fingerprint density at radius 1 is 0.639 bits per heavy atom. The second-order valence-electron chi connectivity index (χ2n) is 15.2. The maximum Gasteiger partial charge on any atom is 0.326 e. The number of carboxylic acids is 1. The summed E-state index contributed by atoms with van der Waals surface area (Å²) in [5.74, 6) is -2.65. The van der Waals surface area contributed by atoms with Gasteiger partial charge in [0.25, 0.3) is 11.8 Å². The number of rotatable bonds is 8. The van der Waals surface area contributed by atoms with Crippen LogP contribution in [0.25, 0.3) is 0 Å². The highest BCUT2D eigenvalue weighted by atomic mass is 32.2. The molecule has 0 bridgehead atoms. The van der Waals surface area contributed by atoms with Crippen LogP contribution < -0.4 is 25.8 Å². The van der Waals surface area contributed by atoms with Gasteiger partial charge < -0.3 is 45.2 Å². The van der Waals surface area contributed by atoms with Crippen LogP contribution in [0.5, 0.6) is 0 Å². The number of para-hydroxylation sites is 2. The number of hydrogen-bond acceptors (Lipinski definition) is 11. The first-order chi connectivity index (χ1) is 28.7. The second-order valence-corrected chi connectivity index (χ2v) is 17.5. The number of fused-ring (bicyclic) bond motifs is 2. The zero-order valence-electron chi connectivity index (χ0n) is 33.4. The van der Waals surface area contributed by atoms with E-state index in [0.29, 0.717) is 42.6 Å². The van der Waals surface area contributed by atoms with Gasteiger partial charge in [0.1, 0.15) is 13.1 Å². The number of thioether (sulfide) groups is 2. The molecule has 61 heavy (non-hydrogen) atoms. The standard InChI is InChI=1S/C21H27N3O4S.C17H20N2O4S.C4H9NO.2CH4/c25-18(22-15-6-2-1-3-7-15)14-24-16-8-4-5-9-17(16)29-19(21(24)27)20(26)23-10-12-28-13-11-23;20-14(18-11-6-2-1-3-7-11)10-19-12-8-4-5-9-13(12)24-15(16(19)21)17(22)23;1-3-6-4-2-5-1;;/h4-5,8-9,15,19H,1-3,6-7,10-14H2,(H,22,25);4-5,8-9,11,15H,1-3,6-7,10H2,(H,18,20)(H,22,23);5H,1-4H2;2*1H4. The molecule has 15 nitrogen and oxygen atoms in total. The Labute approximate surface area is 368 Å². The number of nitrogens with one attached hydrogen (secondary N) is 3. The molecule has 2 aromatic rings. The van der Waals surface area contributed by atoms with Crippen molar-refractivity contribution >= 4 is 70.4 Å². The number of hydrogen-bond donors (Lipinski definition) is 4. The number of carboxylic acid groups (broad SMARTS) is 1. The minimum atomic E-state index is -1.21. The van der Waals surface area contributed by atoms with Crippen molar-refractivity contribution in [2.75, 3.05) is 75.5 Å². The Balaban J connectivity index is 0.000000232. The molecular formula is C44H64N6O9S2. The lowest BCUT2D eigenvalue weighted by molar-refractivity contribution is -0.140. The minimum Gasteiger partial charge on any atom is -0.480 e. The third-order valence-electron chi connectivity index (χ3n) is 10.9. The van der Waals surface area contributed by atoms with Gasteiger partial charge in [-0.15, -0.1) is 11.8 Å².